The number of nitrogens with two attached hydrogens (primary N) is 1. The van der Waals surface area contributed by atoms with Crippen molar-refractivity contribution in [2.24, 2.45) is 17.1 Å². The highest BCUT2D eigenvalue weighted by Gasteiger charge is 2.50. The first-order chi connectivity index (χ1) is 7.42. The summed E-state index contributed by atoms with van der Waals surface area (Å²) in [5, 5.41) is 3.02. The highest BCUT2D eigenvalue weighted by atomic mass is 32.1. The smallest absolute Gasteiger partial charge is 0.233 e. The minimum Gasteiger partial charge on any atom is -0.392 e. The van der Waals surface area contributed by atoms with Crippen LogP contribution in [0.4, 0.5) is 0 Å². The number of hydrogen-bond acceptors (Lipinski definition) is 2. The molecule has 1 aliphatic rings. The molecule has 4 heteroatoms. The molecule has 0 saturated heterocycles. The molecular weight excluding hydrogens is 220 g/mol. The van der Waals surface area contributed by atoms with E-state index in [0.29, 0.717) is 10.9 Å². The van der Waals surface area contributed by atoms with Crippen molar-refractivity contribution in [2.45, 2.75) is 52.5 Å². The van der Waals surface area contributed by atoms with Crippen LogP contribution in [0.25, 0.3) is 0 Å². The second kappa shape index (κ2) is 5.13. The average molecular weight is 242 g/mol. The van der Waals surface area contributed by atoms with Crippen LogP contribution in [0.15, 0.2) is 0 Å². The van der Waals surface area contributed by atoms with Crippen LogP contribution in [0.1, 0.15) is 46.5 Å². The molecule has 0 aromatic carbocycles. The van der Waals surface area contributed by atoms with Gasteiger partial charge in [-0.25, -0.2) is 0 Å². The number of rotatable bonds is 5. The van der Waals surface area contributed by atoms with Gasteiger partial charge < -0.3 is 11.1 Å². The SMILES string of the molecule is CCCC(C)NC(=O)C1(C(N)=S)CC(C)C1. The maximum atomic E-state index is 12.1. The molecule has 1 unspecified atom stereocenters. The van der Waals surface area contributed by atoms with Gasteiger partial charge in [0.2, 0.25) is 5.91 Å². The van der Waals surface area contributed by atoms with E-state index in [1.165, 1.54) is 0 Å². The van der Waals surface area contributed by atoms with E-state index in [1.807, 2.05) is 6.92 Å². The van der Waals surface area contributed by atoms with Gasteiger partial charge in [0.1, 0.15) is 0 Å². The fraction of sp³-hybridized carbons (Fsp3) is 0.833. The zero-order valence-corrected chi connectivity index (χ0v) is 11.2. The Morgan fingerprint density at radius 3 is 2.56 bits per heavy atom. The van der Waals surface area contributed by atoms with Crippen molar-refractivity contribution in [3.8, 4) is 0 Å². The summed E-state index contributed by atoms with van der Waals surface area (Å²) < 4.78 is 0. The minimum absolute atomic E-state index is 0.0269. The van der Waals surface area contributed by atoms with Crippen LogP contribution in [0, 0.1) is 11.3 Å². The lowest BCUT2D eigenvalue weighted by atomic mass is 9.62. The fourth-order valence-corrected chi connectivity index (χ4v) is 2.75. The number of carbonyl (C=O) groups is 1. The third-order valence-corrected chi connectivity index (χ3v) is 3.79. The van der Waals surface area contributed by atoms with Crippen LogP contribution in [-0.2, 0) is 4.79 Å². The van der Waals surface area contributed by atoms with Gasteiger partial charge in [-0.15, -0.1) is 0 Å². The minimum atomic E-state index is -0.559. The summed E-state index contributed by atoms with van der Waals surface area (Å²) in [5.74, 6) is 0.577. The Morgan fingerprint density at radius 2 is 2.19 bits per heavy atom. The second-order valence-electron chi connectivity index (χ2n) is 5.12. The Morgan fingerprint density at radius 1 is 1.62 bits per heavy atom. The van der Waals surface area contributed by atoms with Crippen LogP contribution >= 0.6 is 12.2 Å². The standard InChI is InChI=1S/C12H22N2OS/c1-4-5-9(3)14-11(15)12(10(13)16)6-8(2)7-12/h8-9H,4-7H2,1-3H3,(H2,13,16)(H,14,15). The maximum absolute atomic E-state index is 12.1. The molecule has 1 rings (SSSR count). The van der Waals surface area contributed by atoms with Gasteiger partial charge >= 0.3 is 0 Å². The third-order valence-electron chi connectivity index (χ3n) is 3.40. The second-order valence-corrected chi connectivity index (χ2v) is 5.56. The molecule has 0 bridgehead atoms. The molecule has 1 saturated carbocycles. The predicted octanol–water partition coefficient (Wildman–Crippen LogP) is 1.99. The highest BCUT2D eigenvalue weighted by Crippen LogP contribution is 2.46. The number of carbonyl (C=O) groups excluding carboxylic acids is 1. The zero-order valence-electron chi connectivity index (χ0n) is 10.4. The van der Waals surface area contributed by atoms with Gasteiger partial charge in [0.15, 0.2) is 0 Å². The molecule has 16 heavy (non-hydrogen) atoms. The van der Waals surface area contributed by atoms with E-state index >= 15 is 0 Å². The van der Waals surface area contributed by atoms with Crippen LogP contribution in [0.2, 0.25) is 0 Å². The zero-order chi connectivity index (χ0) is 12.3. The molecule has 92 valence electrons. The van der Waals surface area contributed by atoms with Crippen molar-refractivity contribution in [2.75, 3.05) is 0 Å². The Kier molecular flexibility index (Phi) is 4.30. The number of amides is 1. The first kappa shape index (κ1) is 13.4. The number of nitrogens with one attached hydrogen (secondary N) is 1. The van der Waals surface area contributed by atoms with Gasteiger partial charge in [-0.1, -0.05) is 32.5 Å². The maximum Gasteiger partial charge on any atom is 0.233 e. The van der Waals surface area contributed by atoms with Crippen LogP contribution in [-0.4, -0.2) is 16.9 Å². The lowest BCUT2D eigenvalue weighted by Crippen LogP contribution is -2.57. The molecule has 0 aliphatic heterocycles. The van der Waals surface area contributed by atoms with Gasteiger partial charge in [-0.2, -0.15) is 0 Å². The van der Waals surface area contributed by atoms with E-state index in [4.69, 9.17) is 18.0 Å². The van der Waals surface area contributed by atoms with Crippen LogP contribution in [0.5, 0.6) is 0 Å². The van der Waals surface area contributed by atoms with Gasteiger partial charge in [0.25, 0.3) is 0 Å². The summed E-state index contributed by atoms with van der Waals surface area (Å²) in [6, 6.07) is 0.208. The largest absolute Gasteiger partial charge is 0.392 e. The quantitative estimate of drug-likeness (QED) is 0.725. The Bertz CT molecular complexity index is 285. The first-order valence-corrected chi connectivity index (χ1v) is 6.44. The molecule has 1 amide bonds. The van der Waals surface area contributed by atoms with E-state index in [2.05, 4.69) is 19.2 Å². The molecule has 0 heterocycles. The average Bonchev–Trinajstić information content (AvgIpc) is 2.11. The van der Waals surface area contributed by atoms with Gasteiger partial charge in [0.05, 0.1) is 10.4 Å². The molecule has 1 aliphatic carbocycles. The summed E-state index contributed by atoms with van der Waals surface area (Å²) >= 11 is 5.04. The normalized spacial score (nSPS) is 30.3. The number of hydrogen-bond donors (Lipinski definition) is 2. The highest BCUT2D eigenvalue weighted by molar-refractivity contribution is 7.80. The third kappa shape index (κ3) is 2.54. The van der Waals surface area contributed by atoms with E-state index < -0.39 is 5.41 Å². The van der Waals surface area contributed by atoms with E-state index in [1.54, 1.807) is 0 Å². The number of thiocarbonyl (C=S) groups is 1. The molecule has 0 spiro atoms. The van der Waals surface area contributed by atoms with Crippen LogP contribution in [0.3, 0.4) is 0 Å². The lowest BCUT2D eigenvalue weighted by Gasteiger charge is -2.44. The summed E-state index contributed by atoms with van der Waals surface area (Å²) in [4.78, 5) is 12.5. The Hall–Kier alpha value is -0.640. The van der Waals surface area contributed by atoms with Crippen LogP contribution < -0.4 is 11.1 Å². The summed E-state index contributed by atoms with van der Waals surface area (Å²) in [7, 11) is 0. The molecule has 0 aromatic heterocycles. The van der Waals surface area contributed by atoms with E-state index in [0.717, 1.165) is 25.7 Å². The molecule has 0 aromatic rings. The lowest BCUT2D eigenvalue weighted by molar-refractivity contribution is -0.133. The topological polar surface area (TPSA) is 55.1 Å². The summed E-state index contributed by atoms with van der Waals surface area (Å²) in [6.45, 7) is 6.26. The van der Waals surface area contributed by atoms with Gasteiger partial charge in [0, 0.05) is 6.04 Å². The Labute approximate surface area is 103 Å². The molecule has 1 atom stereocenters. The fourth-order valence-electron chi connectivity index (χ4n) is 2.50. The summed E-state index contributed by atoms with van der Waals surface area (Å²) in [5.41, 5.74) is 5.16. The Balaban J connectivity index is 2.60. The summed E-state index contributed by atoms with van der Waals surface area (Å²) in [6.07, 6.45) is 3.66. The molecule has 0 radical (unpaired) electrons. The first-order valence-electron chi connectivity index (χ1n) is 6.03. The van der Waals surface area contributed by atoms with Crippen molar-refractivity contribution < 1.29 is 4.79 Å². The van der Waals surface area contributed by atoms with E-state index in [-0.39, 0.29) is 11.9 Å². The molecule has 3 nitrogen and oxygen atoms in total. The van der Waals surface area contributed by atoms with Gasteiger partial charge in [-0.3, -0.25) is 4.79 Å². The van der Waals surface area contributed by atoms with Crippen molar-refractivity contribution in [1.82, 2.24) is 5.32 Å². The monoisotopic (exact) mass is 242 g/mol. The predicted molar refractivity (Wildman–Crippen MR) is 70.1 cm³/mol. The van der Waals surface area contributed by atoms with Crippen molar-refractivity contribution in [3.63, 3.8) is 0 Å². The van der Waals surface area contributed by atoms with Gasteiger partial charge in [-0.05, 0) is 32.1 Å². The van der Waals surface area contributed by atoms with Crippen molar-refractivity contribution in [1.29, 1.82) is 0 Å². The molecule has 3 N–H and O–H groups in total. The molecular formula is C12H22N2OS. The van der Waals surface area contributed by atoms with E-state index in [9.17, 15) is 4.79 Å². The molecule has 1 fully saturated rings. The van der Waals surface area contributed by atoms with Crippen molar-refractivity contribution in [3.05, 3.63) is 0 Å². The van der Waals surface area contributed by atoms with Crippen molar-refractivity contribution >= 4 is 23.1 Å².